The molecule has 0 atom stereocenters. The van der Waals surface area contributed by atoms with Gasteiger partial charge >= 0.3 is 8.80 Å². The zero-order chi connectivity index (χ0) is 28.5. The summed E-state index contributed by atoms with van der Waals surface area (Å²) < 4.78 is 16.5. The smallest absolute Gasteiger partial charge is 0.396 e. The summed E-state index contributed by atoms with van der Waals surface area (Å²) in [6, 6.07) is 0.937. The van der Waals surface area contributed by atoms with Crippen LogP contribution in [0.1, 0.15) is 186 Å². The minimum absolute atomic E-state index is 0.369. The molecule has 0 bridgehead atoms. The molecule has 0 saturated carbocycles. The van der Waals surface area contributed by atoms with Crippen LogP contribution >= 0.6 is 0 Å². The van der Waals surface area contributed by atoms with E-state index < -0.39 is 8.80 Å². The molecule has 1 N–H and O–H groups in total. The number of hydrogen-bond acceptors (Lipinski definition) is 4. The highest BCUT2D eigenvalue weighted by molar-refractivity contribution is 6.60. The van der Waals surface area contributed by atoms with Crippen LogP contribution in [0.15, 0.2) is 0 Å². The zero-order valence-corrected chi connectivity index (χ0v) is 28.1. The van der Waals surface area contributed by atoms with E-state index in [2.05, 4.69) is 0 Å². The molecular formula is C34H72O4Si. The van der Waals surface area contributed by atoms with Crippen LogP contribution in [0, 0.1) is 0 Å². The number of rotatable bonds is 34. The molecule has 0 heterocycles. The molecule has 0 aromatic carbocycles. The second kappa shape index (κ2) is 32.6. The molecule has 0 saturated heterocycles. The summed E-state index contributed by atoms with van der Waals surface area (Å²) in [5.74, 6) is 0. The average molecular weight is 573 g/mol. The highest BCUT2D eigenvalue weighted by Gasteiger charge is 2.36. The summed E-state index contributed by atoms with van der Waals surface area (Å²) in [6.07, 6.45) is 40.4. The van der Waals surface area contributed by atoms with Gasteiger partial charge in [0.1, 0.15) is 0 Å². The van der Waals surface area contributed by atoms with E-state index in [4.69, 9.17) is 18.4 Å². The van der Waals surface area contributed by atoms with E-state index in [1.165, 1.54) is 173 Å². The van der Waals surface area contributed by atoms with Gasteiger partial charge in [-0.1, -0.05) is 173 Å². The average Bonchev–Trinajstić information content (AvgIpc) is 2.96. The molecular weight excluding hydrogens is 500 g/mol. The summed E-state index contributed by atoms with van der Waals surface area (Å²) in [7, 11) is 2.78. The van der Waals surface area contributed by atoms with Crippen molar-refractivity contribution in [3.8, 4) is 0 Å². The van der Waals surface area contributed by atoms with Crippen molar-refractivity contribution in [2.24, 2.45) is 0 Å². The van der Waals surface area contributed by atoms with Gasteiger partial charge in [-0.05, 0) is 12.8 Å². The van der Waals surface area contributed by atoms with Crippen LogP contribution in [0.3, 0.4) is 0 Å². The van der Waals surface area contributed by atoms with E-state index >= 15 is 0 Å². The summed E-state index contributed by atoms with van der Waals surface area (Å²) >= 11 is 0. The first-order chi connectivity index (χ1) is 19.2. The maximum Gasteiger partial charge on any atom is 0.500 e. The Morgan fingerprint density at radius 1 is 0.308 bits per heavy atom. The second-order valence-electron chi connectivity index (χ2n) is 12.0. The van der Waals surface area contributed by atoms with Crippen LogP contribution in [-0.4, -0.2) is 41.8 Å². The SMILES string of the molecule is CO[Si](CCCCCCCCCCCCCCCCCCCCCCCCCCCCCCCO)(OC)OC. The van der Waals surface area contributed by atoms with Gasteiger partial charge in [0.2, 0.25) is 0 Å². The Bertz CT molecular complexity index is 437. The lowest BCUT2D eigenvalue weighted by molar-refractivity contribution is 0.122. The number of hydrogen-bond donors (Lipinski definition) is 1. The Labute approximate surface area is 247 Å². The van der Waals surface area contributed by atoms with Crippen LogP contribution in [0.25, 0.3) is 0 Å². The molecule has 0 fully saturated rings. The Morgan fingerprint density at radius 2 is 0.487 bits per heavy atom. The third-order valence-electron chi connectivity index (χ3n) is 8.57. The lowest BCUT2D eigenvalue weighted by Gasteiger charge is -2.24. The van der Waals surface area contributed by atoms with Crippen LogP contribution in [0.2, 0.25) is 6.04 Å². The molecule has 4 nitrogen and oxygen atoms in total. The largest absolute Gasteiger partial charge is 0.500 e. The zero-order valence-electron chi connectivity index (χ0n) is 27.1. The standard InChI is InChI=1S/C34H72O4Si/c1-36-39(37-2,38-3)34-32-30-28-26-24-22-20-18-16-14-12-10-8-6-4-5-7-9-11-13-15-17-19-21-23-25-27-29-31-33-35/h35H,4-34H2,1-3H3. The van der Waals surface area contributed by atoms with Crippen molar-refractivity contribution in [2.45, 2.75) is 192 Å². The van der Waals surface area contributed by atoms with Crippen molar-refractivity contribution in [2.75, 3.05) is 27.9 Å². The fourth-order valence-corrected chi connectivity index (χ4v) is 7.58. The van der Waals surface area contributed by atoms with Gasteiger partial charge in [0.25, 0.3) is 0 Å². The van der Waals surface area contributed by atoms with E-state index in [9.17, 15) is 0 Å². The van der Waals surface area contributed by atoms with Gasteiger partial charge < -0.3 is 18.4 Å². The van der Waals surface area contributed by atoms with Crippen LogP contribution in [-0.2, 0) is 13.3 Å². The lowest BCUT2D eigenvalue weighted by Crippen LogP contribution is -2.42. The van der Waals surface area contributed by atoms with E-state index in [-0.39, 0.29) is 0 Å². The highest BCUT2D eigenvalue weighted by Crippen LogP contribution is 2.19. The quantitative estimate of drug-likeness (QED) is 0.0615. The molecule has 0 rings (SSSR count). The topological polar surface area (TPSA) is 47.9 Å². The third-order valence-corrected chi connectivity index (χ3v) is 11.4. The first kappa shape index (κ1) is 39.1. The Kier molecular flexibility index (Phi) is 32.6. The minimum Gasteiger partial charge on any atom is -0.396 e. The van der Waals surface area contributed by atoms with Crippen LogP contribution in [0.4, 0.5) is 0 Å². The van der Waals surface area contributed by atoms with Gasteiger partial charge in [0, 0.05) is 34.0 Å². The Morgan fingerprint density at radius 3 is 0.667 bits per heavy atom. The predicted octanol–water partition coefficient (Wildman–Crippen LogP) is 11.2. The maximum atomic E-state index is 8.78. The molecule has 0 aromatic heterocycles. The molecule has 236 valence electrons. The van der Waals surface area contributed by atoms with E-state index in [1.807, 2.05) is 0 Å². The molecule has 0 aromatic rings. The number of unbranched alkanes of at least 4 members (excludes halogenated alkanes) is 28. The number of aliphatic hydroxyl groups is 1. The fraction of sp³-hybridized carbons (Fsp3) is 1.00. The molecule has 0 aliphatic carbocycles. The Hall–Kier alpha value is 0.0569. The minimum atomic E-state index is -2.34. The highest BCUT2D eigenvalue weighted by atomic mass is 28.4. The van der Waals surface area contributed by atoms with E-state index in [0.717, 1.165) is 18.9 Å². The molecule has 39 heavy (non-hydrogen) atoms. The van der Waals surface area contributed by atoms with Crippen LogP contribution < -0.4 is 0 Å². The molecule has 0 spiro atoms. The normalized spacial score (nSPS) is 12.0. The molecule has 0 aliphatic rings. The van der Waals surface area contributed by atoms with Gasteiger partial charge in [0.05, 0.1) is 0 Å². The summed E-state index contributed by atoms with van der Waals surface area (Å²) in [6.45, 7) is 0.369. The van der Waals surface area contributed by atoms with Gasteiger partial charge in [-0.3, -0.25) is 0 Å². The van der Waals surface area contributed by atoms with Gasteiger partial charge in [-0.15, -0.1) is 0 Å². The van der Waals surface area contributed by atoms with Crippen molar-refractivity contribution in [3.63, 3.8) is 0 Å². The monoisotopic (exact) mass is 573 g/mol. The van der Waals surface area contributed by atoms with Crippen molar-refractivity contribution < 1.29 is 18.4 Å². The Balaban J connectivity index is 3.12. The van der Waals surface area contributed by atoms with Gasteiger partial charge in [-0.25, -0.2) is 0 Å². The van der Waals surface area contributed by atoms with Crippen molar-refractivity contribution in [1.29, 1.82) is 0 Å². The lowest BCUT2D eigenvalue weighted by atomic mass is 10.0. The first-order valence-corrected chi connectivity index (χ1v) is 19.4. The van der Waals surface area contributed by atoms with Crippen LogP contribution in [0.5, 0.6) is 0 Å². The molecule has 5 heteroatoms. The van der Waals surface area contributed by atoms with Crippen molar-refractivity contribution in [3.05, 3.63) is 0 Å². The fourth-order valence-electron chi connectivity index (χ4n) is 5.78. The van der Waals surface area contributed by atoms with Crippen molar-refractivity contribution in [1.82, 2.24) is 0 Å². The molecule has 0 aliphatic heterocycles. The first-order valence-electron chi connectivity index (χ1n) is 17.5. The second-order valence-corrected chi connectivity index (χ2v) is 15.1. The molecule has 0 radical (unpaired) electrons. The van der Waals surface area contributed by atoms with E-state index in [1.54, 1.807) is 21.3 Å². The molecule has 0 amide bonds. The molecule has 0 unspecified atom stereocenters. The summed E-state index contributed by atoms with van der Waals surface area (Å²) in [5, 5.41) is 8.78. The van der Waals surface area contributed by atoms with Crippen molar-refractivity contribution >= 4 is 8.80 Å². The summed E-state index contributed by atoms with van der Waals surface area (Å²) in [4.78, 5) is 0. The maximum absolute atomic E-state index is 8.78. The third kappa shape index (κ3) is 28.0. The predicted molar refractivity (Wildman–Crippen MR) is 173 cm³/mol. The number of aliphatic hydroxyl groups excluding tert-OH is 1. The van der Waals surface area contributed by atoms with E-state index in [0.29, 0.717) is 6.61 Å². The summed E-state index contributed by atoms with van der Waals surface area (Å²) in [5.41, 5.74) is 0. The van der Waals surface area contributed by atoms with Gasteiger partial charge in [0.15, 0.2) is 0 Å². The van der Waals surface area contributed by atoms with Gasteiger partial charge in [-0.2, -0.15) is 0 Å².